The van der Waals surface area contributed by atoms with Gasteiger partial charge in [0.15, 0.2) is 0 Å². The first-order valence-corrected chi connectivity index (χ1v) is 19.6. The van der Waals surface area contributed by atoms with Crippen LogP contribution in [-0.4, -0.2) is 165 Å². The summed E-state index contributed by atoms with van der Waals surface area (Å²) in [5, 5.41) is 3.03. The molecule has 9 rings (SSSR count). The molecule has 0 saturated carbocycles. The summed E-state index contributed by atoms with van der Waals surface area (Å²) in [6.07, 6.45) is 0. The molecule has 0 aromatic heterocycles. The van der Waals surface area contributed by atoms with E-state index in [2.05, 4.69) is 0 Å². The second-order valence-electron chi connectivity index (χ2n) is 16.1. The average Bonchev–Trinajstić information content (AvgIpc) is 3.29. The molecule has 0 atom stereocenters. The van der Waals surface area contributed by atoms with Crippen LogP contribution in [0.1, 0.15) is 0 Å². The van der Waals surface area contributed by atoms with Gasteiger partial charge in [0.2, 0.25) is 0 Å². The number of benzene rings is 9. The molecule has 21 heteroatoms. The number of hydrogen-bond acceptors (Lipinski definition) is 0. The van der Waals surface area contributed by atoms with Crippen LogP contribution in [0.5, 0.6) is 0 Å². The van der Waals surface area contributed by atoms with Crippen LogP contribution in [0.15, 0.2) is 42.5 Å². The molecule has 0 amide bonds. The summed E-state index contributed by atoms with van der Waals surface area (Å²) in [4.78, 5) is 0. The maximum atomic E-state index is 7.35. The zero-order chi connectivity index (χ0) is 47.3. The van der Waals surface area contributed by atoms with E-state index in [1.165, 1.54) is 0 Å². The lowest BCUT2D eigenvalue weighted by atomic mass is 9.55. The van der Waals surface area contributed by atoms with Crippen molar-refractivity contribution >= 4 is 333 Å². The van der Waals surface area contributed by atoms with Gasteiger partial charge < -0.3 is 0 Å². The molecule has 9 aromatic carbocycles. The lowest BCUT2D eigenvalue weighted by Crippen LogP contribution is -2.53. The van der Waals surface area contributed by atoms with E-state index in [-0.39, 0.29) is 180 Å². The van der Waals surface area contributed by atoms with Crippen LogP contribution < -0.4 is 115 Å². The quantitative estimate of drug-likeness (QED) is 0.124. The van der Waals surface area contributed by atoms with E-state index in [0.29, 0.717) is 11.1 Å². The Balaban J connectivity index is 1.63. The van der Waals surface area contributed by atoms with Crippen LogP contribution in [0.4, 0.5) is 0 Å². The summed E-state index contributed by atoms with van der Waals surface area (Å²) in [5.41, 5.74) is -0.0757. The van der Waals surface area contributed by atoms with Crippen molar-refractivity contribution in [2.24, 2.45) is 0 Å². The molecule has 0 unspecified atom stereocenters. The molecule has 0 aliphatic rings. The first kappa shape index (κ1) is 45.8. The fourth-order valence-electron chi connectivity index (χ4n) is 9.51. The smallest absolute Gasteiger partial charge is 0.110 e. The Bertz CT molecular complexity index is 3640. The topological polar surface area (TPSA) is 0 Å². The minimum absolute atomic E-state index is 0.0122. The van der Waals surface area contributed by atoms with Crippen LogP contribution in [-0.2, 0) is 0 Å². The summed E-state index contributed by atoms with van der Waals surface area (Å²) in [5.74, 6) is 0. The highest BCUT2D eigenvalue weighted by Gasteiger charge is 2.30. The molecule has 0 N–H and O–H groups in total. The third-order valence-electron chi connectivity index (χ3n) is 12.9. The molecule has 65 heavy (non-hydrogen) atoms. The van der Waals surface area contributed by atoms with Gasteiger partial charge in [0.25, 0.3) is 0 Å². The lowest BCUT2D eigenvalue weighted by molar-refractivity contribution is 1.73. The van der Waals surface area contributed by atoms with E-state index in [9.17, 15) is 0 Å². The molecule has 0 nitrogen and oxygen atoms in total. The first-order valence-electron chi connectivity index (χ1n) is 19.6. The van der Waals surface area contributed by atoms with Crippen molar-refractivity contribution < 1.29 is 0 Å². The van der Waals surface area contributed by atoms with Crippen LogP contribution in [0, 0.1) is 0 Å². The molecule has 0 heterocycles. The third kappa shape index (κ3) is 6.07. The monoisotopic (exact) mass is 766 g/mol. The predicted molar refractivity (Wildman–Crippen MR) is 303 cm³/mol. The average molecular weight is 763 g/mol. The number of fused-ring (bicyclic) bond motifs is 5. The highest BCUT2D eigenvalue weighted by molar-refractivity contribution is 6.76. The minimum Gasteiger partial charge on any atom is -0.110 e. The first-order chi connectivity index (χ1) is 30.6. The van der Waals surface area contributed by atoms with Gasteiger partial charge in [-0.1, -0.05) is 113 Å². The van der Waals surface area contributed by atoms with Crippen molar-refractivity contribution in [3.05, 3.63) is 42.5 Å². The van der Waals surface area contributed by atoms with Crippen LogP contribution in [0.25, 0.3) is 87.2 Å². The maximum absolute atomic E-state index is 7.35. The molecule has 0 aliphatic heterocycles. The van der Waals surface area contributed by atoms with E-state index in [0.717, 1.165) is 10.8 Å². The second kappa shape index (κ2) is 15.9. The fourth-order valence-corrected chi connectivity index (χ4v) is 9.51. The Kier molecular flexibility index (Phi) is 11.2. The Hall–Kier alpha value is -4.36. The van der Waals surface area contributed by atoms with Crippen molar-refractivity contribution in [2.45, 2.75) is 0 Å². The van der Waals surface area contributed by atoms with Gasteiger partial charge in [0.1, 0.15) is 165 Å². The van der Waals surface area contributed by atoms with Gasteiger partial charge in [-0.15, -0.1) is 43.7 Å². The zero-order valence-electron chi connectivity index (χ0n) is 34.7. The van der Waals surface area contributed by atoms with Crippen LogP contribution >= 0.6 is 0 Å². The molecule has 0 aliphatic carbocycles. The molecule has 0 fully saturated rings. The summed E-state index contributed by atoms with van der Waals surface area (Å²) >= 11 is 0. The summed E-state index contributed by atoms with van der Waals surface area (Å²) in [6.45, 7) is 0. The Morgan fingerprint density at radius 1 is 0.185 bits per heavy atom. The highest BCUT2D eigenvalue weighted by atomic mass is 14.3. The molecular weight excluding hydrogens is 756 g/mol. The molecule has 246 valence electrons. The van der Waals surface area contributed by atoms with E-state index in [4.69, 9.17) is 165 Å². The van der Waals surface area contributed by atoms with Gasteiger partial charge in [0.05, 0.1) is 0 Å². The molecule has 0 saturated heterocycles. The van der Waals surface area contributed by atoms with Gasteiger partial charge in [-0.05, 0) is 87.2 Å². The molecular formula is C44H7B21. The summed E-state index contributed by atoms with van der Waals surface area (Å²) in [6, 6.07) is 13.4. The SMILES string of the molecule is [B]c1c([B])c([B])c2c([B])c(-c3c([B])c([B])c(-c4c5c([B])c([B])c([B])c([B])c5c(-c5cccc6ccccc56)c5c([B])c([B])c([B])c([B])c45)c4c([B])c([B])c([B])c([B])c34)c([B])c([B])c2c1[B]. The normalized spacial score (nSPS) is 11.8. The zero-order valence-corrected chi connectivity index (χ0v) is 34.7. The van der Waals surface area contributed by atoms with Crippen molar-refractivity contribution in [3.63, 3.8) is 0 Å². The number of hydrogen-bond donors (Lipinski definition) is 0. The van der Waals surface area contributed by atoms with Gasteiger partial charge in [-0.2, -0.15) is 0 Å². The highest BCUT2D eigenvalue weighted by Crippen LogP contribution is 2.44. The summed E-state index contributed by atoms with van der Waals surface area (Å²) < 4.78 is 0. The number of rotatable bonds is 3. The van der Waals surface area contributed by atoms with E-state index >= 15 is 0 Å². The van der Waals surface area contributed by atoms with Crippen LogP contribution in [0.2, 0.25) is 0 Å². The van der Waals surface area contributed by atoms with E-state index < -0.39 is 0 Å². The van der Waals surface area contributed by atoms with Gasteiger partial charge in [-0.3, -0.25) is 0 Å². The van der Waals surface area contributed by atoms with Crippen molar-refractivity contribution in [1.29, 1.82) is 0 Å². The second-order valence-corrected chi connectivity index (χ2v) is 16.1. The molecule has 0 bridgehead atoms. The molecule has 0 spiro atoms. The third-order valence-corrected chi connectivity index (χ3v) is 12.9. The standard InChI is InChI=1S/C44H7B21/c45-24-21(33(54)34(55)23-22(24)35(56)43(64)44(65)36(23)57)20-19-18(31(52)41(62)42(63)32(19)53)17(25(46)26(20)47)12-15-13(27(48)37(58)39(60)29(15)50)11(10-7-3-5-8-4-1-2-6-9(8)10)14-16(12)30(51)40(61)38(59)28(14)49/h1-7H. The Morgan fingerprint density at radius 2 is 0.462 bits per heavy atom. The lowest BCUT2D eigenvalue weighted by Gasteiger charge is -2.33. The predicted octanol–water partition coefficient (Wildman–Crippen LogP) is -12.9. The van der Waals surface area contributed by atoms with Crippen molar-refractivity contribution in [1.82, 2.24) is 0 Å². The van der Waals surface area contributed by atoms with Crippen molar-refractivity contribution in [2.75, 3.05) is 0 Å². The minimum atomic E-state index is -0.167. The fraction of sp³-hybridized carbons (Fsp3) is 0. The van der Waals surface area contributed by atoms with E-state index in [1.807, 2.05) is 42.5 Å². The molecule has 9 aromatic rings. The Labute approximate surface area is 406 Å². The van der Waals surface area contributed by atoms with Crippen LogP contribution in [0.3, 0.4) is 0 Å². The maximum Gasteiger partial charge on any atom is 0.115 e. The van der Waals surface area contributed by atoms with Gasteiger partial charge in [-0.25, -0.2) is 0 Å². The van der Waals surface area contributed by atoms with Gasteiger partial charge >= 0.3 is 0 Å². The van der Waals surface area contributed by atoms with Crippen molar-refractivity contribution in [3.8, 4) is 33.4 Å². The summed E-state index contributed by atoms with van der Waals surface area (Å²) in [7, 11) is 143. The largest absolute Gasteiger partial charge is 0.115 e. The van der Waals surface area contributed by atoms with E-state index in [1.54, 1.807) is 0 Å². The molecule has 42 radical (unpaired) electrons. The Morgan fingerprint density at radius 3 is 0.877 bits per heavy atom. The van der Waals surface area contributed by atoms with Gasteiger partial charge in [0, 0.05) is 0 Å².